The minimum Gasteiger partial charge on any atom is -0.452 e. The van der Waals surface area contributed by atoms with Gasteiger partial charge in [-0.2, -0.15) is 0 Å². The number of hydrogen-bond donors (Lipinski definition) is 1. The number of amides is 2. The zero-order valence-corrected chi connectivity index (χ0v) is 17.0. The minimum atomic E-state index is -0.651. The Labute approximate surface area is 178 Å². The van der Waals surface area contributed by atoms with Gasteiger partial charge < -0.3 is 14.2 Å². The van der Waals surface area contributed by atoms with Gasteiger partial charge >= 0.3 is 5.97 Å². The number of benzene rings is 2. The van der Waals surface area contributed by atoms with Gasteiger partial charge in [-0.1, -0.05) is 41.1 Å². The Morgan fingerprint density at radius 2 is 1.97 bits per heavy atom. The molecule has 1 N–H and O–H groups in total. The Kier molecular flexibility index (Phi) is 5.79. The highest BCUT2D eigenvalue weighted by atomic mass is 16.5. The third kappa shape index (κ3) is 4.80. The fourth-order valence-corrected chi connectivity index (χ4v) is 3.30. The topological polar surface area (TPSA) is 102 Å². The molecule has 0 saturated carbocycles. The molecule has 0 bridgehead atoms. The van der Waals surface area contributed by atoms with E-state index in [0.717, 1.165) is 17.5 Å². The van der Waals surface area contributed by atoms with Gasteiger partial charge in [0, 0.05) is 30.3 Å². The molecular formula is C23H21N3O5. The van der Waals surface area contributed by atoms with Gasteiger partial charge in [0.05, 0.1) is 5.56 Å². The largest absolute Gasteiger partial charge is 0.452 e. The van der Waals surface area contributed by atoms with Gasteiger partial charge in [-0.05, 0) is 31.5 Å². The first-order valence-corrected chi connectivity index (χ1v) is 9.91. The fraction of sp³-hybridized carbons (Fsp3) is 0.217. The normalized spacial score (nSPS) is 13.3. The van der Waals surface area contributed by atoms with Gasteiger partial charge in [0.15, 0.2) is 6.61 Å². The van der Waals surface area contributed by atoms with Crippen molar-refractivity contribution in [1.82, 2.24) is 5.16 Å². The van der Waals surface area contributed by atoms with E-state index in [1.54, 1.807) is 35.2 Å². The highest BCUT2D eigenvalue weighted by molar-refractivity contribution is 5.98. The number of hydrogen-bond acceptors (Lipinski definition) is 6. The van der Waals surface area contributed by atoms with E-state index in [9.17, 15) is 14.4 Å². The molecule has 31 heavy (non-hydrogen) atoms. The van der Waals surface area contributed by atoms with Gasteiger partial charge in [-0.3, -0.25) is 14.9 Å². The molecule has 2 aromatic carbocycles. The number of nitrogens with one attached hydrogen (secondary N) is 1. The maximum absolute atomic E-state index is 12.3. The Balaban J connectivity index is 1.32. The average Bonchev–Trinajstić information content (AvgIpc) is 3.41. The van der Waals surface area contributed by atoms with Crippen LogP contribution >= 0.6 is 0 Å². The quantitative estimate of drug-likeness (QED) is 0.613. The van der Waals surface area contributed by atoms with Gasteiger partial charge in [0.1, 0.15) is 5.69 Å². The number of anilines is 2. The maximum Gasteiger partial charge on any atom is 0.338 e. The van der Waals surface area contributed by atoms with E-state index in [0.29, 0.717) is 24.3 Å². The third-order valence-corrected chi connectivity index (χ3v) is 4.92. The summed E-state index contributed by atoms with van der Waals surface area (Å²) in [5.41, 5.74) is 3.48. The van der Waals surface area contributed by atoms with E-state index in [2.05, 4.69) is 10.5 Å². The average molecular weight is 419 g/mol. The molecule has 1 aliphatic rings. The van der Waals surface area contributed by atoms with Crippen LogP contribution in [-0.4, -0.2) is 36.1 Å². The lowest BCUT2D eigenvalue weighted by atomic mass is 10.1. The van der Waals surface area contributed by atoms with Crippen molar-refractivity contribution in [1.29, 1.82) is 0 Å². The lowest BCUT2D eigenvalue weighted by molar-refractivity contribution is -0.119. The molecule has 1 aliphatic heterocycles. The highest BCUT2D eigenvalue weighted by Crippen LogP contribution is 2.23. The van der Waals surface area contributed by atoms with Gasteiger partial charge in [-0.15, -0.1) is 0 Å². The molecule has 8 nitrogen and oxygen atoms in total. The molecular weight excluding hydrogens is 398 g/mol. The second-order valence-electron chi connectivity index (χ2n) is 7.27. The Hall–Kier alpha value is -3.94. The van der Waals surface area contributed by atoms with Crippen LogP contribution in [0.15, 0.2) is 59.1 Å². The molecule has 0 aliphatic carbocycles. The molecule has 3 aromatic rings. The number of esters is 1. The molecule has 2 heterocycles. The molecule has 0 unspecified atom stereocenters. The maximum atomic E-state index is 12.3. The van der Waals surface area contributed by atoms with E-state index in [-0.39, 0.29) is 17.4 Å². The predicted molar refractivity (Wildman–Crippen MR) is 114 cm³/mol. The number of carbonyl (C=O) groups excluding carboxylic acids is 3. The summed E-state index contributed by atoms with van der Waals surface area (Å²) >= 11 is 0. The zero-order chi connectivity index (χ0) is 21.8. The monoisotopic (exact) mass is 419 g/mol. The van der Waals surface area contributed by atoms with Crippen molar-refractivity contribution in [2.45, 2.75) is 19.8 Å². The smallest absolute Gasteiger partial charge is 0.338 e. The molecule has 1 fully saturated rings. The summed E-state index contributed by atoms with van der Waals surface area (Å²) < 4.78 is 10.2. The van der Waals surface area contributed by atoms with E-state index >= 15 is 0 Å². The first kappa shape index (κ1) is 20.3. The zero-order valence-electron chi connectivity index (χ0n) is 17.0. The van der Waals surface area contributed by atoms with Gasteiger partial charge in [-0.25, -0.2) is 4.79 Å². The Bertz CT molecular complexity index is 1120. The SMILES string of the molecule is Cc1ccc(-c2cc(NC(=O)COC(=O)c3cccc(N4CCCC4=O)c3)on2)cc1. The number of nitrogens with zero attached hydrogens (tertiary/aromatic N) is 2. The number of ether oxygens (including phenoxy) is 1. The van der Waals surface area contributed by atoms with E-state index in [4.69, 9.17) is 9.26 Å². The summed E-state index contributed by atoms with van der Waals surface area (Å²) in [4.78, 5) is 38.0. The van der Waals surface area contributed by atoms with Crippen LogP contribution in [-0.2, 0) is 14.3 Å². The first-order chi connectivity index (χ1) is 15.0. The molecule has 4 rings (SSSR count). The molecule has 0 atom stereocenters. The van der Waals surface area contributed by atoms with Crippen LogP contribution < -0.4 is 10.2 Å². The van der Waals surface area contributed by atoms with Crippen molar-refractivity contribution in [3.05, 3.63) is 65.7 Å². The van der Waals surface area contributed by atoms with Crippen LogP contribution in [0.4, 0.5) is 11.6 Å². The fourth-order valence-electron chi connectivity index (χ4n) is 3.30. The summed E-state index contributed by atoms with van der Waals surface area (Å²) in [5, 5.41) is 6.45. The lowest BCUT2D eigenvalue weighted by Crippen LogP contribution is -2.24. The van der Waals surface area contributed by atoms with E-state index in [1.807, 2.05) is 31.2 Å². The van der Waals surface area contributed by atoms with Gasteiger partial charge in [0.25, 0.3) is 5.91 Å². The van der Waals surface area contributed by atoms with E-state index < -0.39 is 18.5 Å². The van der Waals surface area contributed by atoms with Crippen LogP contribution in [0.5, 0.6) is 0 Å². The molecule has 0 radical (unpaired) electrons. The lowest BCUT2D eigenvalue weighted by Gasteiger charge is -2.16. The van der Waals surface area contributed by atoms with Crippen LogP contribution in [0, 0.1) is 6.92 Å². The molecule has 1 saturated heterocycles. The number of aromatic nitrogens is 1. The second kappa shape index (κ2) is 8.83. The van der Waals surface area contributed by atoms with Crippen molar-refractivity contribution in [3.8, 4) is 11.3 Å². The standard InChI is InChI=1S/C23H21N3O5/c1-15-7-9-16(10-8-15)19-13-21(31-25-19)24-20(27)14-30-23(29)17-4-2-5-18(12-17)26-11-3-6-22(26)28/h2,4-5,7-10,12-13H,3,6,11,14H2,1H3,(H,24,27). The van der Waals surface area contributed by atoms with Crippen molar-refractivity contribution in [2.24, 2.45) is 0 Å². The van der Waals surface area contributed by atoms with Crippen LogP contribution in [0.25, 0.3) is 11.3 Å². The van der Waals surface area contributed by atoms with Crippen LogP contribution in [0.3, 0.4) is 0 Å². The van der Waals surface area contributed by atoms with Crippen molar-refractivity contribution >= 4 is 29.4 Å². The number of aryl methyl sites for hydroxylation is 1. The Morgan fingerprint density at radius 3 is 2.71 bits per heavy atom. The highest BCUT2D eigenvalue weighted by Gasteiger charge is 2.22. The van der Waals surface area contributed by atoms with Crippen molar-refractivity contribution in [3.63, 3.8) is 0 Å². The van der Waals surface area contributed by atoms with Crippen molar-refractivity contribution in [2.75, 3.05) is 23.4 Å². The predicted octanol–water partition coefficient (Wildman–Crippen LogP) is 3.57. The van der Waals surface area contributed by atoms with Crippen LogP contribution in [0.2, 0.25) is 0 Å². The molecule has 158 valence electrons. The molecule has 1 aromatic heterocycles. The third-order valence-electron chi connectivity index (χ3n) is 4.92. The summed E-state index contributed by atoms with van der Waals surface area (Å²) in [7, 11) is 0. The number of carbonyl (C=O) groups is 3. The summed E-state index contributed by atoms with van der Waals surface area (Å²) in [5.74, 6) is -1.01. The van der Waals surface area contributed by atoms with Crippen LogP contribution in [0.1, 0.15) is 28.8 Å². The summed E-state index contributed by atoms with van der Waals surface area (Å²) in [6, 6.07) is 15.9. The first-order valence-electron chi connectivity index (χ1n) is 9.91. The van der Waals surface area contributed by atoms with E-state index in [1.165, 1.54) is 0 Å². The molecule has 2 amide bonds. The molecule has 8 heteroatoms. The Morgan fingerprint density at radius 1 is 1.16 bits per heavy atom. The minimum absolute atomic E-state index is 0.0296. The second-order valence-corrected chi connectivity index (χ2v) is 7.27. The number of rotatable bonds is 6. The molecule has 0 spiro atoms. The van der Waals surface area contributed by atoms with Crippen molar-refractivity contribution < 1.29 is 23.6 Å². The van der Waals surface area contributed by atoms with Gasteiger partial charge in [0.2, 0.25) is 11.8 Å². The summed E-state index contributed by atoms with van der Waals surface area (Å²) in [6.45, 7) is 2.13. The summed E-state index contributed by atoms with van der Waals surface area (Å²) in [6.07, 6.45) is 1.29.